The van der Waals surface area contributed by atoms with Crippen LogP contribution in [0, 0.1) is 11.8 Å². The summed E-state index contributed by atoms with van der Waals surface area (Å²) >= 11 is 2.48. The Labute approximate surface area is 145 Å². The molecule has 120 valence electrons. The summed E-state index contributed by atoms with van der Waals surface area (Å²) in [6.07, 6.45) is 14.9. The van der Waals surface area contributed by atoms with Gasteiger partial charge in [-0.1, -0.05) is 80.7 Å². The second-order valence-electron chi connectivity index (χ2n) is 5.45. The van der Waals surface area contributed by atoms with Gasteiger partial charge in [0.1, 0.15) is 0 Å². The predicted octanol–water partition coefficient (Wildman–Crippen LogP) is 6.17. The van der Waals surface area contributed by atoms with Crippen molar-refractivity contribution in [1.82, 2.24) is 0 Å². The summed E-state index contributed by atoms with van der Waals surface area (Å²) in [7, 11) is 0. The average molecular weight is 401 g/mol. The van der Waals surface area contributed by atoms with E-state index in [1.54, 1.807) is 6.20 Å². The Kier molecular flexibility index (Phi) is 11.8. The molecule has 0 aliphatic heterocycles. The minimum absolute atomic E-state index is 0.468. The maximum atomic E-state index is 5.64. The van der Waals surface area contributed by atoms with Gasteiger partial charge in [0.05, 0.1) is 0 Å². The molecule has 0 aromatic rings. The van der Waals surface area contributed by atoms with Crippen LogP contribution in [0.5, 0.6) is 0 Å². The van der Waals surface area contributed by atoms with Gasteiger partial charge < -0.3 is 5.73 Å². The van der Waals surface area contributed by atoms with Crippen molar-refractivity contribution in [2.75, 3.05) is 0 Å². The Bertz CT molecular complexity index is 377. The molecule has 0 saturated heterocycles. The zero-order chi connectivity index (χ0) is 16.3. The Morgan fingerprint density at radius 2 is 1.95 bits per heavy atom. The third-order valence-electron chi connectivity index (χ3n) is 3.84. The van der Waals surface area contributed by atoms with Crippen LogP contribution in [0.3, 0.4) is 0 Å². The molecule has 21 heavy (non-hydrogen) atoms. The van der Waals surface area contributed by atoms with E-state index < -0.39 is 0 Å². The van der Waals surface area contributed by atoms with Crippen LogP contribution in [0.1, 0.15) is 53.4 Å². The standard InChI is InChI=1S/C19H32IN/c1-6-9-10-12-18(16(5)20)15(4)19(11-7-2)17(8-3)13-14-21/h9-10,12-14,16-17,19H,4,6-8,11,21H2,1-3,5H3/b10-9-,14-13-,18-12-. The normalized spacial score (nSPS) is 17.3. The summed E-state index contributed by atoms with van der Waals surface area (Å²) in [5, 5.41) is 0. The highest BCUT2D eigenvalue weighted by atomic mass is 127. The second kappa shape index (κ2) is 12.1. The Morgan fingerprint density at radius 3 is 2.38 bits per heavy atom. The first-order valence-electron chi connectivity index (χ1n) is 8.11. The van der Waals surface area contributed by atoms with Crippen LogP contribution < -0.4 is 5.73 Å². The number of halogens is 1. The summed E-state index contributed by atoms with van der Waals surface area (Å²) in [5.41, 5.74) is 8.28. The maximum absolute atomic E-state index is 5.64. The summed E-state index contributed by atoms with van der Waals surface area (Å²) in [6, 6.07) is 0. The summed E-state index contributed by atoms with van der Waals surface area (Å²) in [5.74, 6) is 0.967. The Balaban J connectivity index is 5.39. The van der Waals surface area contributed by atoms with E-state index in [4.69, 9.17) is 5.73 Å². The predicted molar refractivity (Wildman–Crippen MR) is 106 cm³/mol. The molecule has 0 amide bonds. The smallest absolute Gasteiger partial charge is 0.0334 e. The van der Waals surface area contributed by atoms with Gasteiger partial charge in [0, 0.05) is 3.92 Å². The molecule has 3 unspecified atom stereocenters. The number of hydrogen-bond acceptors (Lipinski definition) is 1. The van der Waals surface area contributed by atoms with Gasteiger partial charge in [-0.3, -0.25) is 0 Å². The van der Waals surface area contributed by atoms with Gasteiger partial charge in [0.15, 0.2) is 0 Å². The first-order valence-corrected chi connectivity index (χ1v) is 9.36. The monoisotopic (exact) mass is 401 g/mol. The quantitative estimate of drug-likeness (QED) is 0.264. The molecule has 0 aliphatic rings. The van der Waals surface area contributed by atoms with E-state index in [1.165, 1.54) is 24.0 Å². The molecule has 0 aromatic carbocycles. The summed E-state index contributed by atoms with van der Waals surface area (Å²) < 4.78 is 0.468. The van der Waals surface area contributed by atoms with Gasteiger partial charge in [-0.15, -0.1) is 0 Å². The van der Waals surface area contributed by atoms with E-state index in [0.29, 0.717) is 15.8 Å². The molecule has 0 heterocycles. The molecule has 0 saturated carbocycles. The van der Waals surface area contributed by atoms with Crippen molar-refractivity contribution in [3.8, 4) is 0 Å². The average Bonchev–Trinajstić information content (AvgIpc) is 2.46. The van der Waals surface area contributed by atoms with Crippen LogP contribution in [0.4, 0.5) is 0 Å². The Morgan fingerprint density at radius 1 is 1.29 bits per heavy atom. The molecule has 1 nitrogen and oxygen atoms in total. The minimum atomic E-state index is 0.468. The molecule has 2 heteroatoms. The fourth-order valence-electron chi connectivity index (χ4n) is 2.67. The van der Waals surface area contributed by atoms with Crippen molar-refractivity contribution in [1.29, 1.82) is 0 Å². The lowest BCUT2D eigenvalue weighted by atomic mass is 9.78. The lowest BCUT2D eigenvalue weighted by molar-refractivity contribution is 0.412. The van der Waals surface area contributed by atoms with Crippen LogP contribution in [0.25, 0.3) is 0 Å². The molecule has 3 atom stereocenters. The largest absolute Gasteiger partial charge is 0.405 e. The van der Waals surface area contributed by atoms with E-state index in [0.717, 1.165) is 12.8 Å². The molecule has 0 radical (unpaired) electrons. The number of hydrogen-bond donors (Lipinski definition) is 1. The molecule has 0 aliphatic carbocycles. The second-order valence-corrected chi connectivity index (χ2v) is 7.32. The number of rotatable bonds is 10. The lowest BCUT2D eigenvalue weighted by Gasteiger charge is -2.28. The van der Waals surface area contributed by atoms with Crippen molar-refractivity contribution < 1.29 is 0 Å². The highest BCUT2D eigenvalue weighted by Gasteiger charge is 2.23. The van der Waals surface area contributed by atoms with Crippen molar-refractivity contribution >= 4 is 22.6 Å². The first kappa shape index (κ1) is 20.5. The van der Waals surface area contributed by atoms with E-state index >= 15 is 0 Å². The summed E-state index contributed by atoms with van der Waals surface area (Å²) in [4.78, 5) is 0. The van der Waals surface area contributed by atoms with Gasteiger partial charge in [-0.05, 0) is 55.4 Å². The third-order valence-corrected chi connectivity index (χ3v) is 4.51. The fraction of sp³-hybridized carbons (Fsp3) is 0.579. The van der Waals surface area contributed by atoms with Gasteiger partial charge in [0.25, 0.3) is 0 Å². The minimum Gasteiger partial charge on any atom is -0.405 e. The van der Waals surface area contributed by atoms with E-state index in [1.807, 2.05) is 0 Å². The molecular formula is C19H32IN. The van der Waals surface area contributed by atoms with Gasteiger partial charge in [0.2, 0.25) is 0 Å². The third kappa shape index (κ3) is 7.35. The molecule has 0 rings (SSSR count). The first-order chi connectivity index (χ1) is 10.0. The highest BCUT2D eigenvalue weighted by Crippen LogP contribution is 2.35. The van der Waals surface area contributed by atoms with Crippen LogP contribution in [0.15, 0.2) is 48.2 Å². The molecule has 0 aromatic heterocycles. The van der Waals surface area contributed by atoms with E-state index in [9.17, 15) is 0 Å². The van der Waals surface area contributed by atoms with Crippen LogP contribution in [0.2, 0.25) is 0 Å². The zero-order valence-corrected chi connectivity index (χ0v) is 16.3. The molecule has 0 spiro atoms. The maximum Gasteiger partial charge on any atom is 0.0334 e. The van der Waals surface area contributed by atoms with Crippen LogP contribution >= 0.6 is 22.6 Å². The molecular weight excluding hydrogens is 369 g/mol. The van der Waals surface area contributed by atoms with Crippen LogP contribution in [-0.4, -0.2) is 3.92 Å². The molecule has 0 fully saturated rings. The molecule has 0 bridgehead atoms. The van der Waals surface area contributed by atoms with Gasteiger partial charge in [-0.2, -0.15) is 0 Å². The van der Waals surface area contributed by atoms with Crippen molar-refractivity contribution in [2.45, 2.75) is 57.3 Å². The Hall–Kier alpha value is -0.510. The molecule has 2 N–H and O–H groups in total. The number of alkyl halides is 1. The number of nitrogens with two attached hydrogens (primary N) is 1. The fourth-order valence-corrected chi connectivity index (χ4v) is 3.28. The van der Waals surface area contributed by atoms with Gasteiger partial charge >= 0.3 is 0 Å². The van der Waals surface area contributed by atoms with Crippen molar-refractivity contribution in [3.63, 3.8) is 0 Å². The van der Waals surface area contributed by atoms with Crippen LogP contribution in [-0.2, 0) is 0 Å². The summed E-state index contributed by atoms with van der Waals surface area (Å²) in [6.45, 7) is 13.3. The SMILES string of the molecule is C=C(/C(=C/C=C\CC)C(C)I)C(CCC)C(/C=C\N)CC. The van der Waals surface area contributed by atoms with Crippen molar-refractivity contribution in [2.24, 2.45) is 17.6 Å². The number of allylic oxidation sites excluding steroid dienone is 6. The highest BCUT2D eigenvalue weighted by molar-refractivity contribution is 14.1. The zero-order valence-electron chi connectivity index (χ0n) is 14.1. The van der Waals surface area contributed by atoms with E-state index in [-0.39, 0.29) is 0 Å². The topological polar surface area (TPSA) is 26.0 Å². The van der Waals surface area contributed by atoms with E-state index in [2.05, 4.69) is 81.2 Å². The van der Waals surface area contributed by atoms with Crippen molar-refractivity contribution in [3.05, 3.63) is 48.2 Å². The van der Waals surface area contributed by atoms with Gasteiger partial charge in [-0.25, -0.2) is 0 Å². The lowest BCUT2D eigenvalue weighted by Crippen LogP contribution is -2.18.